The lowest BCUT2D eigenvalue weighted by molar-refractivity contribution is -0.150. The summed E-state index contributed by atoms with van der Waals surface area (Å²) in [5.41, 5.74) is 3.64. The average molecular weight is 431 g/mol. The summed E-state index contributed by atoms with van der Waals surface area (Å²) in [6.45, 7) is 0. The zero-order chi connectivity index (χ0) is 22.9. The lowest BCUT2D eigenvalue weighted by atomic mass is 10.0. The van der Waals surface area contributed by atoms with Gasteiger partial charge in [-0.2, -0.15) is 0 Å². The van der Waals surface area contributed by atoms with Crippen molar-refractivity contribution in [3.8, 4) is 0 Å². The van der Waals surface area contributed by atoms with Crippen molar-refractivity contribution in [2.75, 3.05) is 0 Å². The van der Waals surface area contributed by atoms with Crippen LogP contribution in [0.1, 0.15) is 22.3 Å². The minimum absolute atomic E-state index is 0.308. The molecule has 3 nitrogen and oxygen atoms in total. The maximum absolute atomic E-state index is 13.2. The molecule has 33 heavy (non-hydrogen) atoms. The standard InChI is InChI=1S/C30H22O3/c31-29(27(25-17-9-3-10-18-25)21-23-13-5-1-6-14-23)33-30(32)28(26-19-11-4-12-20-26)22-24-15-7-2-8-16-24/h1-22H. The van der Waals surface area contributed by atoms with Gasteiger partial charge in [-0.05, 0) is 34.4 Å². The molecule has 0 aliphatic heterocycles. The highest BCUT2D eigenvalue weighted by molar-refractivity contribution is 6.30. The Morgan fingerprint density at radius 1 is 0.455 bits per heavy atom. The predicted octanol–water partition coefficient (Wildman–Crippen LogP) is 6.54. The molecule has 0 amide bonds. The molecular formula is C30H22O3. The van der Waals surface area contributed by atoms with Gasteiger partial charge < -0.3 is 4.74 Å². The molecule has 0 aliphatic carbocycles. The first-order chi connectivity index (χ1) is 16.2. The largest absolute Gasteiger partial charge is 0.386 e. The van der Waals surface area contributed by atoms with Crippen LogP contribution in [0, 0.1) is 0 Å². The van der Waals surface area contributed by atoms with Gasteiger partial charge in [0.1, 0.15) is 0 Å². The van der Waals surface area contributed by atoms with E-state index < -0.39 is 11.9 Å². The Morgan fingerprint density at radius 3 is 1.09 bits per heavy atom. The summed E-state index contributed by atoms with van der Waals surface area (Å²) >= 11 is 0. The molecule has 0 spiro atoms. The number of ether oxygens (including phenoxy) is 1. The second-order valence-corrected chi connectivity index (χ2v) is 7.35. The van der Waals surface area contributed by atoms with Crippen LogP contribution in [0.4, 0.5) is 0 Å². The normalized spacial score (nSPS) is 11.6. The van der Waals surface area contributed by atoms with Gasteiger partial charge in [0, 0.05) is 0 Å². The molecule has 0 saturated carbocycles. The van der Waals surface area contributed by atoms with Gasteiger partial charge in [-0.15, -0.1) is 0 Å². The van der Waals surface area contributed by atoms with E-state index in [2.05, 4.69) is 0 Å². The molecule has 3 heteroatoms. The van der Waals surface area contributed by atoms with Crippen molar-refractivity contribution in [1.29, 1.82) is 0 Å². The summed E-state index contributed by atoms with van der Waals surface area (Å²) < 4.78 is 5.41. The Kier molecular flexibility index (Phi) is 7.04. The first kappa shape index (κ1) is 21.7. The van der Waals surface area contributed by atoms with E-state index in [4.69, 9.17) is 4.74 Å². The Bertz CT molecular complexity index is 1170. The molecule has 0 radical (unpaired) electrons. The SMILES string of the molecule is O=C(OC(=O)C(=Cc1ccccc1)c1ccccc1)C(=Cc1ccccc1)c1ccccc1. The molecule has 0 saturated heterocycles. The molecule has 0 unspecified atom stereocenters. The minimum Gasteiger partial charge on any atom is -0.386 e. The third kappa shape index (κ3) is 5.81. The molecule has 4 aromatic rings. The summed E-state index contributed by atoms with van der Waals surface area (Å²) in [4.78, 5) is 26.4. The quantitative estimate of drug-likeness (QED) is 0.151. The third-order valence-electron chi connectivity index (χ3n) is 5.02. The Balaban J connectivity index is 1.68. The summed E-state index contributed by atoms with van der Waals surface area (Å²) in [5, 5.41) is 0. The predicted molar refractivity (Wildman–Crippen MR) is 133 cm³/mol. The second-order valence-electron chi connectivity index (χ2n) is 7.35. The van der Waals surface area contributed by atoms with Crippen LogP contribution in [-0.4, -0.2) is 11.9 Å². The highest BCUT2D eigenvalue weighted by Gasteiger charge is 2.21. The van der Waals surface area contributed by atoms with Gasteiger partial charge in [0.2, 0.25) is 0 Å². The molecule has 0 fully saturated rings. The Labute approximate surface area is 193 Å². The van der Waals surface area contributed by atoms with E-state index in [0.29, 0.717) is 22.3 Å². The van der Waals surface area contributed by atoms with Crippen LogP contribution in [0.5, 0.6) is 0 Å². The van der Waals surface area contributed by atoms with Gasteiger partial charge >= 0.3 is 11.9 Å². The van der Waals surface area contributed by atoms with E-state index in [-0.39, 0.29) is 0 Å². The molecule has 4 rings (SSSR count). The smallest absolute Gasteiger partial charge is 0.346 e. The summed E-state index contributed by atoms with van der Waals surface area (Å²) in [6.07, 6.45) is 3.46. The van der Waals surface area contributed by atoms with Gasteiger partial charge in [-0.1, -0.05) is 121 Å². The van der Waals surface area contributed by atoms with Crippen molar-refractivity contribution in [3.63, 3.8) is 0 Å². The second kappa shape index (κ2) is 10.7. The fraction of sp³-hybridized carbons (Fsp3) is 0. The van der Waals surface area contributed by atoms with Crippen molar-refractivity contribution in [2.24, 2.45) is 0 Å². The van der Waals surface area contributed by atoms with Crippen molar-refractivity contribution in [2.45, 2.75) is 0 Å². The van der Waals surface area contributed by atoms with Crippen LogP contribution in [0.3, 0.4) is 0 Å². The van der Waals surface area contributed by atoms with Crippen LogP contribution in [0.15, 0.2) is 121 Å². The minimum atomic E-state index is -0.704. The maximum atomic E-state index is 13.2. The average Bonchev–Trinajstić information content (AvgIpc) is 2.88. The lowest BCUT2D eigenvalue weighted by Crippen LogP contribution is -2.15. The number of carbonyl (C=O) groups is 2. The van der Waals surface area contributed by atoms with E-state index >= 15 is 0 Å². The van der Waals surface area contributed by atoms with Crippen LogP contribution >= 0.6 is 0 Å². The van der Waals surface area contributed by atoms with Crippen LogP contribution < -0.4 is 0 Å². The van der Waals surface area contributed by atoms with Gasteiger partial charge in [0.25, 0.3) is 0 Å². The van der Waals surface area contributed by atoms with Crippen molar-refractivity contribution in [3.05, 3.63) is 144 Å². The molecule has 0 aromatic heterocycles. The first-order valence-electron chi connectivity index (χ1n) is 10.6. The molecule has 0 bridgehead atoms. The first-order valence-corrected chi connectivity index (χ1v) is 10.6. The van der Waals surface area contributed by atoms with Crippen LogP contribution in [-0.2, 0) is 14.3 Å². The molecule has 0 N–H and O–H groups in total. The highest BCUT2D eigenvalue weighted by atomic mass is 16.6. The summed E-state index contributed by atoms with van der Waals surface area (Å²) in [6, 6.07) is 37.3. The number of benzene rings is 4. The van der Waals surface area contributed by atoms with Crippen molar-refractivity contribution < 1.29 is 14.3 Å². The summed E-state index contributed by atoms with van der Waals surface area (Å²) in [5.74, 6) is -1.41. The van der Waals surface area contributed by atoms with E-state index in [9.17, 15) is 9.59 Å². The van der Waals surface area contributed by atoms with Gasteiger partial charge in [-0.25, -0.2) is 9.59 Å². The Morgan fingerprint density at radius 2 is 0.758 bits per heavy atom. The van der Waals surface area contributed by atoms with Gasteiger partial charge in [0.15, 0.2) is 0 Å². The molecule has 0 aliphatic rings. The van der Waals surface area contributed by atoms with Gasteiger partial charge in [0.05, 0.1) is 11.1 Å². The lowest BCUT2D eigenvalue weighted by Gasteiger charge is -2.11. The molecule has 0 atom stereocenters. The number of hydrogen-bond donors (Lipinski definition) is 0. The highest BCUT2D eigenvalue weighted by Crippen LogP contribution is 2.24. The third-order valence-corrected chi connectivity index (χ3v) is 5.02. The number of hydrogen-bond acceptors (Lipinski definition) is 3. The number of esters is 2. The summed E-state index contributed by atoms with van der Waals surface area (Å²) in [7, 11) is 0. The number of rotatable bonds is 6. The fourth-order valence-corrected chi connectivity index (χ4v) is 3.38. The van der Waals surface area contributed by atoms with E-state index in [1.807, 2.05) is 121 Å². The molecular weight excluding hydrogens is 408 g/mol. The van der Waals surface area contributed by atoms with E-state index in [0.717, 1.165) is 11.1 Å². The molecule has 4 aromatic carbocycles. The zero-order valence-electron chi connectivity index (χ0n) is 17.9. The fourth-order valence-electron chi connectivity index (χ4n) is 3.38. The van der Waals surface area contributed by atoms with E-state index in [1.54, 1.807) is 12.2 Å². The topological polar surface area (TPSA) is 43.4 Å². The monoisotopic (exact) mass is 430 g/mol. The van der Waals surface area contributed by atoms with Crippen molar-refractivity contribution in [1.82, 2.24) is 0 Å². The number of carbonyl (C=O) groups excluding carboxylic acids is 2. The Hall–Kier alpha value is -4.50. The van der Waals surface area contributed by atoms with Crippen LogP contribution in [0.2, 0.25) is 0 Å². The van der Waals surface area contributed by atoms with Crippen LogP contribution in [0.25, 0.3) is 23.3 Å². The maximum Gasteiger partial charge on any atom is 0.346 e. The van der Waals surface area contributed by atoms with E-state index in [1.165, 1.54) is 0 Å². The van der Waals surface area contributed by atoms with Crippen molar-refractivity contribution >= 4 is 35.2 Å². The zero-order valence-corrected chi connectivity index (χ0v) is 17.9. The van der Waals surface area contributed by atoms with Gasteiger partial charge in [-0.3, -0.25) is 0 Å². The molecule has 160 valence electrons. The molecule has 0 heterocycles.